The van der Waals surface area contributed by atoms with E-state index in [0.29, 0.717) is 0 Å². The zero-order chi connectivity index (χ0) is 8.08. The van der Waals surface area contributed by atoms with Crippen LogP contribution in [0, 0.1) is 15.3 Å². The summed E-state index contributed by atoms with van der Waals surface area (Å²) in [6, 6.07) is 0. The van der Waals surface area contributed by atoms with Crippen LogP contribution in [0.1, 0.15) is 0 Å². The van der Waals surface area contributed by atoms with E-state index in [0.717, 1.165) is 0 Å². The zero-order valence-electron chi connectivity index (χ0n) is 6.79. The van der Waals surface area contributed by atoms with E-state index in [9.17, 15) is 0 Å². The number of hydrogen-bond acceptors (Lipinski definition) is 6. The molecule has 0 fully saturated rings. The van der Waals surface area contributed by atoms with Gasteiger partial charge >= 0.3 is 155 Å². The first-order chi connectivity index (χ1) is 3.73. The smallest absolute Gasteiger partial charge is 0.790 e. The van der Waals surface area contributed by atoms with E-state index in [4.69, 9.17) is 34.6 Å². The van der Waals surface area contributed by atoms with Crippen LogP contribution in [-0.2, 0) is 4.57 Å². The van der Waals surface area contributed by atoms with E-state index in [1.807, 2.05) is 0 Å². The third kappa shape index (κ3) is 178. The fourth-order valence-corrected chi connectivity index (χ4v) is 0. The van der Waals surface area contributed by atoms with E-state index in [1.54, 1.807) is 0 Å². The van der Waals surface area contributed by atoms with Crippen LogP contribution in [0.5, 0.6) is 0 Å². The Morgan fingerprint density at radius 3 is 1.15 bits per heavy atom. The van der Waals surface area contributed by atoms with Gasteiger partial charge in [0.15, 0.2) is 0 Å². The third-order valence-corrected chi connectivity index (χ3v) is 0. The van der Waals surface area contributed by atoms with Gasteiger partial charge in [-0.1, -0.05) is 0 Å². The molecule has 0 bridgehead atoms. The van der Waals surface area contributed by atoms with Crippen LogP contribution < -0.4 is 142 Å². The molecular formula is H3K2MgNNaO7P. The molecule has 1 N–H and O–H groups in total. The van der Waals surface area contributed by atoms with Crippen LogP contribution in [0.3, 0.4) is 0 Å². The summed E-state index contributed by atoms with van der Waals surface area (Å²) in [6.45, 7) is 0. The Morgan fingerprint density at radius 1 is 1.15 bits per heavy atom. The molecule has 13 heavy (non-hydrogen) atoms. The van der Waals surface area contributed by atoms with Crippen molar-refractivity contribution in [3.63, 3.8) is 0 Å². The standard InChI is InChI=1S/2K.Mg.NO3.Na.H3O4P.2H/c;;;2-1(3)4;;1-5(2,3)4;;/h;;;;;(H3,1,2,3,4);;/q2*+1;;-1;+1;;;/p-2. The molecule has 0 unspecified atom stereocenters. The number of rotatable bonds is 0. The first-order valence-corrected chi connectivity index (χ1v) is 2.79. The Bertz CT molecular complexity index is 126. The van der Waals surface area contributed by atoms with Gasteiger partial charge in [0.1, 0.15) is 0 Å². The van der Waals surface area contributed by atoms with E-state index in [-0.39, 0.29) is 155 Å². The van der Waals surface area contributed by atoms with Crippen molar-refractivity contribution in [2.24, 2.45) is 0 Å². The van der Waals surface area contributed by atoms with Crippen LogP contribution >= 0.6 is 7.82 Å². The molecule has 0 aromatic rings. The van der Waals surface area contributed by atoms with Crippen molar-refractivity contribution >= 4 is 30.9 Å². The first-order valence-electron chi connectivity index (χ1n) is 1.30. The summed E-state index contributed by atoms with van der Waals surface area (Å²) in [5, 5.41) is 14.8. The van der Waals surface area contributed by atoms with E-state index in [2.05, 4.69) is 0 Å². The maximum atomic E-state index is 8.66. The summed E-state index contributed by atoms with van der Waals surface area (Å²) >= 11 is 0. The largest absolute Gasteiger partial charge is 1.00 e. The molecule has 0 amide bonds. The van der Waals surface area contributed by atoms with Crippen molar-refractivity contribution in [2.45, 2.75) is 0 Å². The summed E-state index contributed by atoms with van der Waals surface area (Å²) in [4.78, 5) is 32.5. The molecular weight excluding hydrogens is 282 g/mol. The maximum Gasteiger partial charge on any atom is 1.00 e. The number of hydrogen-bond donors (Lipinski definition) is 1. The van der Waals surface area contributed by atoms with Crippen molar-refractivity contribution in [1.82, 2.24) is 0 Å². The fraction of sp³-hybridized carbons (Fsp3) is 0. The normalized spacial score (nSPS) is 6.38. The van der Waals surface area contributed by atoms with Gasteiger partial charge in [0.05, 0.1) is 12.9 Å². The van der Waals surface area contributed by atoms with Gasteiger partial charge in [-0.25, -0.2) is 0 Å². The Hall–Kier alpha value is 4.35. The topological polar surface area (TPSA) is 150 Å². The molecule has 0 rings (SSSR count). The average molecular weight is 285 g/mol. The van der Waals surface area contributed by atoms with Gasteiger partial charge < -0.3 is 34.6 Å². The van der Waals surface area contributed by atoms with Crippen molar-refractivity contribution < 1.29 is 157 Å². The zero-order valence-corrected chi connectivity index (χ0v) is 15.9. The summed E-state index contributed by atoms with van der Waals surface area (Å²) in [5.74, 6) is 0. The van der Waals surface area contributed by atoms with Crippen molar-refractivity contribution in [3.05, 3.63) is 15.3 Å². The number of phosphoric acid groups is 1. The number of nitrogens with zero attached hydrogens (tertiary/aromatic N) is 1. The van der Waals surface area contributed by atoms with Gasteiger partial charge in [-0.15, -0.1) is 0 Å². The summed E-state index contributed by atoms with van der Waals surface area (Å²) < 4.78 is 8.66. The van der Waals surface area contributed by atoms with E-state index >= 15 is 0 Å². The Balaban J connectivity index is -0.0000000146. The second-order valence-corrected chi connectivity index (χ2v) is 1.63. The molecule has 0 saturated carbocycles. The summed E-state index contributed by atoms with van der Waals surface area (Å²) in [6.07, 6.45) is 0. The predicted molar refractivity (Wildman–Crippen MR) is 28.7 cm³/mol. The first kappa shape index (κ1) is 36.0. The second kappa shape index (κ2) is 21.6. The van der Waals surface area contributed by atoms with Crippen molar-refractivity contribution in [3.8, 4) is 0 Å². The molecule has 8 nitrogen and oxygen atoms in total. The molecule has 0 aromatic carbocycles. The van der Waals surface area contributed by atoms with Crippen LogP contribution in [-0.4, -0.2) is 33.0 Å². The van der Waals surface area contributed by atoms with Crippen molar-refractivity contribution in [1.29, 1.82) is 0 Å². The molecule has 0 heterocycles. The average Bonchev–Trinajstić information content (AvgIpc) is 1.19. The molecule has 0 saturated heterocycles. The molecule has 0 atom stereocenters. The minimum Gasteiger partial charge on any atom is -0.790 e. The van der Waals surface area contributed by atoms with Crippen LogP contribution in [0.15, 0.2) is 0 Å². The van der Waals surface area contributed by atoms with Crippen LogP contribution in [0.25, 0.3) is 0 Å². The van der Waals surface area contributed by atoms with Crippen molar-refractivity contribution in [2.75, 3.05) is 0 Å². The van der Waals surface area contributed by atoms with Gasteiger partial charge in [0, 0.05) is 0 Å². The third-order valence-electron chi connectivity index (χ3n) is 0. The van der Waals surface area contributed by atoms with Gasteiger partial charge in [0.2, 0.25) is 0 Å². The van der Waals surface area contributed by atoms with E-state index < -0.39 is 12.9 Å². The molecule has 0 radical (unpaired) electrons. The summed E-state index contributed by atoms with van der Waals surface area (Å²) in [7, 11) is -5.14. The molecule has 0 aromatic heterocycles. The Labute approximate surface area is 197 Å². The molecule has 0 aliphatic heterocycles. The SMILES string of the molecule is O=P([O-])([O-])O.O=[N+]([O-])[O-].[K+].[K+].[MgH2].[Na+]. The predicted octanol–water partition coefficient (Wildman–Crippen LogP) is -12.3. The van der Waals surface area contributed by atoms with Gasteiger partial charge in [-0.3, -0.25) is 0 Å². The molecule has 60 valence electrons. The molecule has 0 aliphatic carbocycles. The minimum absolute atomic E-state index is 0. The molecule has 0 spiro atoms. The van der Waals surface area contributed by atoms with Gasteiger partial charge in [-0.2, -0.15) is 0 Å². The maximum absolute atomic E-state index is 8.66. The molecule has 0 aliphatic rings. The monoisotopic (exact) mass is 285 g/mol. The van der Waals surface area contributed by atoms with Crippen LogP contribution in [0.4, 0.5) is 0 Å². The van der Waals surface area contributed by atoms with Gasteiger partial charge in [-0.05, 0) is 0 Å². The Kier molecular flexibility index (Phi) is 59.9. The second-order valence-electron chi connectivity index (χ2n) is 0.692. The van der Waals surface area contributed by atoms with E-state index in [1.165, 1.54) is 0 Å². The minimum atomic E-state index is -5.14. The fourth-order valence-electron chi connectivity index (χ4n) is 0. The van der Waals surface area contributed by atoms with Gasteiger partial charge in [0.25, 0.3) is 0 Å². The Morgan fingerprint density at radius 2 is 1.15 bits per heavy atom. The summed E-state index contributed by atoms with van der Waals surface area (Å²) in [5.41, 5.74) is 0. The quantitative estimate of drug-likeness (QED) is 0.201. The molecule has 13 heteroatoms. The van der Waals surface area contributed by atoms with Crippen LogP contribution in [0.2, 0.25) is 0 Å².